The number of benzene rings is 1. The molecule has 2 N–H and O–H groups in total. The Hall–Kier alpha value is -1.35. The van der Waals surface area contributed by atoms with Crippen molar-refractivity contribution in [2.45, 2.75) is 51.6 Å². The Kier molecular flexibility index (Phi) is 3.56. The Bertz CT molecular complexity index is 558. The lowest BCUT2D eigenvalue weighted by atomic mass is 9.82. The van der Waals surface area contributed by atoms with Crippen molar-refractivity contribution < 1.29 is 0 Å². The average molecular weight is 257 g/mol. The van der Waals surface area contributed by atoms with Gasteiger partial charge in [0.2, 0.25) is 0 Å². The van der Waals surface area contributed by atoms with Crippen LogP contribution in [-0.4, -0.2) is 15.8 Å². The Morgan fingerprint density at radius 2 is 2.05 bits per heavy atom. The fourth-order valence-electron chi connectivity index (χ4n) is 3.33. The second-order valence-corrected chi connectivity index (χ2v) is 5.69. The molecule has 1 aromatic carbocycles. The first kappa shape index (κ1) is 12.7. The summed E-state index contributed by atoms with van der Waals surface area (Å²) in [5.41, 5.74) is 8.77. The molecule has 1 fully saturated rings. The molecular formula is C16H23N3. The molecule has 0 bridgehead atoms. The van der Waals surface area contributed by atoms with E-state index in [9.17, 15) is 0 Å². The van der Waals surface area contributed by atoms with Crippen LogP contribution < -0.4 is 5.73 Å². The molecule has 0 saturated heterocycles. The lowest BCUT2D eigenvalue weighted by Crippen LogP contribution is -2.34. The quantitative estimate of drug-likeness (QED) is 0.918. The molecule has 19 heavy (non-hydrogen) atoms. The number of rotatable bonds is 3. The van der Waals surface area contributed by atoms with Crippen LogP contribution in [0.15, 0.2) is 24.3 Å². The zero-order valence-electron chi connectivity index (χ0n) is 11.7. The Morgan fingerprint density at radius 3 is 2.84 bits per heavy atom. The molecule has 1 aromatic heterocycles. The molecule has 2 unspecified atom stereocenters. The van der Waals surface area contributed by atoms with Crippen molar-refractivity contribution in [1.82, 2.24) is 9.78 Å². The number of hydrogen-bond donors (Lipinski definition) is 1. The third kappa shape index (κ3) is 2.39. The maximum Gasteiger partial charge on any atom is 0.0706 e. The summed E-state index contributed by atoms with van der Waals surface area (Å²) in [4.78, 5) is 0. The molecule has 3 heteroatoms. The topological polar surface area (TPSA) is 43.8 Å². The van der Waals surface area contributed by atoms with E-state index in [1.54, 1.807) is 0 Å². The van der Waals surface area contributed by atoms with E-state index < -0.39 is 0 Å². The predicted molar refractivity (Wildman–Crippen MR) is 79.0 cm³/mol. The molecular weight excluding hydrogens is 234 g/mol. The van der Waals surface area contributed by atoms with E-state index in [2.05, 4.69) is 35.9 Å². The van der Waals surface area contributed by atoms with Crippen molar-refractivity contribution in [2.24, 2.45) is 11.7 Å². The third-order valence-electron chi connectivity index (χ3n) is 4.46. The molecule has 2 aromatic rings. The highest BCUT2D eigenvalue weighted by Crippen LogP contribution is 2.28. The van der Waals surface area contributed by atoms with Gasteiger partial charge in [-0.25, -0.2) is 0 Å². The van der Waals surface area contributed by atoms with E-state index in [0.717, 1.165) is 13.0 Å². The van der Waals surface area contributed by atoms with Gasteiger partial charge in [0.25, 0.3) is 0 Å². The van der Waals surface area contributed by atoms with Gasteiger partial charge < -0.3 is 5.73 Å². The second kappa shape index (κ2) is 5.33. The van der Waals surface area contributed by atoms with E-state index >= 15 is 0 Å². The molecule has 1 heterocycles. The zero-order chi connectivity index (χ0) is 13.2. The van der Waals surface area contributed by atoms with Crippen LogP contribution in [0.1, 0.15) is 38.3 Å². The van der Waals surface area contributed by atoms with Crippen LogP contribution in [0.2, 0.25) is 0 Å². The molecule has 0 radical (unpaired) electrons. The molecule has 0 amide bonds. The van der Waals surface area contributed by atoms with Gasteiger partial charge in [-0.15, -0.1) is 0 Å². The summed E-state index contributed by atoms with van der Waals surface area (Å²) < 4.78 is 2.11. The first-order valence-corrected chi connectivity index (χ1v) is 7.49. The molecule has 1 aliphatic rings. The fourth-order valence-corrected chi connectivity index (χ4v) is 3.33. The highest BCUT2D eigenvalue weighted by Gasteiger charge is 2.24. The highest BCUT2D eigenvalue weighted by atomic mass is 15.3. The van der Waals surface area contributed by atoms with Crippen LogP contribution in [0.4, 0.5) is 0 Å². The van der Waals surface area contributed by atoms with Crippen LogP contribution in [0.25, 0.3) is 10.9 Å². The van der Waals surface area contributed by atoms with Crippen LogP contribution in [0.5, 0.6) is 0 Å². The predicted octanol–water partition coefficient (Wildman–Crippen LogP) is 3.12. The fraction of sp³-hybridized carbons (Fsp3) is 0.562. The van der Waals surface area contributed by atoms with Gasteiger partial charge in [0, 0.05) is 18.0 Å². The van der Waals surface area contributed by atoms with Crippen LogP contribution in [0, 0.1) is 5.92 Å². The second-order valence-electron chi connectivity index (χ2n) is 5.69. The maximum atomic E-state index is 6.28. The minimum Gasteiger partial charge on any atom is -0.327 e. The van der Waals surface area contributed by atoms with E-state index in [4.69, 9.17) is 10.8 Å². The summed E-state index contributed by atoms with van der Waals surface area (Å²) in [7, 11) is 0. The summed E-state index contributed by atoms with van der Waals surface area (Å²) >= 11 is 0. The SMILES string of the molecule is CCn1nc(CC2CCCCC2N)c2ccccc21. The third-order valence-corrected chi connectivity index (χ3v) is 4.46. The molecule has 2 atom stereocenters. The molecule has 0 aliphatic heterocycles. The molecule has 1 aliphatic carbocycles. The minimum absolute atomic E-state index is 0.360. The summed E-state index contributed by atoms with van der Waals surface area (Å²) in [6.45, 7) is 3.08. The zero-order valence-corrected chi connectivity index (χ0v) is 11.7. The molecule has 102 valence electrons. The largest absolute Gasteiger partial charge is 0.327 e. The van der Waals surface area contributed by atoms with E-state index in [1.807, 2.05) is 0 Å². The number of hydrogen-bond acceptors (Lipinski definition) is 2. The van der Waals surface area contributed by atoms with Crippen molar-refractivity contribution in [1.29, 1.82) is 0 Å². The summed E-state index contributed by atoms with van der Waals surface area (Å²) in [5, 5.41) is 6.10. The minimum atomic E-state index is 0.360. The lowest BCUT2D eigenvalue weighted by molar-refractivity contribution is 0.304. The number of fused-ring (bicyclic) bond motifs is 1. The highest BCUT2D eigenvalue weighted by molar-refractivity contribution is 5.81. The van der Waals surface area contributed by atoms with Crippen molar-refractivity contribution in [3.05, 3.63) is 30.0 Å². The van der Waals surface area contributed by atoms with Crippen molar-refractivity contribution >= 4 is 10.9 Å². The first-order chi connectivity index (χ1) is 9.29. The summed E-state index contributed by atoms with van der Waals surface area (Å²) in [6.07, 6.45) is 6.09. The van der Waals surface area contributed by atoms with Gasteiger partial charge in [-0.05, 0) is 38.2 Å². The number of aryl methyl sites for hydroxylation is 1. The van der Waals surface area contributed by atoms with Crippen LogP contribution >= 0.6 is 0 Å². The number of nitrogens with zero attached hydrogens (tertiary/aromatic N) is 2. The molecule has 3 nitrogen and oxygen atoms in total. The van der Waals surface area contributed by atoms with Crippen molar-refractivity contribution in [2.75, 3.05) is 0 Å². The number of aromatic nitrogens is 2. The normalized spacial score (nSPS) is 23.9. The van der Waals surface area contributed by atoms with Crippen molar-refractivity contribution in [3.8, 4) is 0 Å². The van der Waals surface area contributed by atoms with Gasteiger partial charge in [-0.3, -0.25) is 4.68 Å². The van der Waals surface area contributed by atoms with Gasteiger partial charge in [0.1, 0.15) is 0 Å². The van der Waals surface area contributed by atoms with Crippen LogP contribution in [-0.2, 0) is 13.0 Å². The van der Waals surface area contributed by atoms with Gasteiger partial charge >= 0.3 is 0 Å². The summed E-state index contributed by atoms with van der Waals surface area (Å²) in [6, 6.07) is 8.91. The Labute approximate surface area is 114 Å². The summed E-state index contributed by atoms with van der Waals surface area (Å²) in [5.74, 6) is 0.609. The molecule has 1 saturated carbocycles. The first-order valence-electron chi connectivity index (χ1n) is 7.49. The Morgan fingerprint density at radius 1 is 1.26 bits per heavy atom. The molecule has 3 rings (SSSR count). The standard InChI is InChI=1S/C16H23N3/c1-2-19-16-10-6-4-8-13(16)15(18-19)11-12-7-3-5-9-14(12)17/h4,6,8,10,12,14H,2-3,5,7,9,11,17H2,1H3. The van der Waals surface area contributed by atoms with Crippen LogP contribution in [0.3, 0.4) is 0 Å². The van der Waals surface area contributed by atoms with Gasteiger partial charge in [0.05, 0.1) is 11.2 Å². The maximum absolute atomic E-state index is 6.28. The van der Waals surface area contributed by atoms with Gasteiger partial charge in [-0.2, -0.15) is 5.10 Å². The number of para-hydroxylation sites is 1. The van der Waals surface area contributed by atoms with Gasteiger partial charge in [-0.1, -0.05) is 31.0 Å². The Balaban J connectivity index is 1.92. The van der Waals surface area contributed by atoms with E-state index in [0.29, 0.717) is 12.0 Å². The smallest absolute Gasteiger partial charge is 0.0706 e. The van der Waals surface area contributed by atoms with E-state index in [-0.39, 0.29) is 0 Å². The average Bonchev–Trinajstić information content (AvgIpc) is 2.80. The monoisotopic (exact) mass is 257 g/mol. The van der Waals surface area contributed by atoms with Gasteiger partial charge in [0.15, 0.2) is 0 Å². The lowest BCUT2D eigenvalue weighted by Gasteiger charge is -2.27. The van der Waals surface area contributed by atoms with Crippen molar-refractivity contribution in [3.63, 3.8) is 0 Å². The number of nitrogens with two attached hydrogens (primary N) is 1. The van der Waals surface area contributed by atoms with E-state index in [1.165, 1.54) is 42.3 Å². The molecule has 0 spiro atoms.